The van der Waals surface area contributed by atoms with Crippen molar-refractivity contribution in [2.24, 2.45) is 0 Å². The maximum absolute atomic E-state index is 13.8. The maximum atomic E-state index is 13.8. The summed E-state index contributed by atoms with van der Waals surface area (Å²) in [4.78, 5) is 0. The maximum Gasteiger partial charge on any atom is 0.127 e. The molecule has 0 nitrogen and oxygen atoms in total. The first-order valence-corrected chi connectivity index (χ1v) is 5.44. The number of aryl methyl sites for hydroxylation is 1. The molecule has 0 bridgehead atoms. The van der Waals surface area contributed by atoms with E-state index in [9.17, 15) is 4.39 Å². The third kappa shape index (κ3) is 3.20. The van der Waals surface area contributed by atoms with Crippen molar-refractivity contribution in [2.45, 2.75) is 20.3 Å². The fourth-order valence-electron chi connectivity index (χ4n) is 1.45. The first-order chi connectivity index (χ1) is 7.69. The van der Waals surface area contributed by atoms with Gasteiger partial charge in [-0.05, 0) is 25.0 Å². The molecule has 1 aromatic carbocycles. The van der Waals surface area contributed by atoms with E-state index in [1.165, 1.54) is 5.56 Å². The lowest BCUT2D eigenvalue weighted by Crippen LogP contribution is -1.86. The molecule has 0 aromatic heterocycles. The summed E-state index contributed by atoms with van der Waals surface area (Å²) in [6, 6.07) is 7.80. The van der Waals surface area contributed by atoms with Gasteiger partial charge in [-0.2, -0.15) is 0 Å². The fraction of sp³-hybridized carbons (Fsp3) is 0.200. The summed E-state index contributed by atoms with van der Waals surface area (Å²) in [7, 11) is 0. The van der Waals surface area contributed by atoms with E-state index in [0.717, 1.165) is 5.56 Å². The largest absolute Gasteiger partial charge is 0.207 e. The third-order valence-corrected chi connectivity index (χ3v) is 2.29. The quantitative estimate of drug-likeness (QED) is 0.632. The molecule has 16 heavy (non-hydrogen) atoms. The van der Waals surface area contributed by atoms with E-state index in [1.807, 2.05) is 38.1 Å². The van der Waals surface area contributed by atoms with Gasteiger partial charge in [-0.1, -0.05) is 55.5 Å². The van der Waals surface area contributed by atoms with Crippen LogP contribution in [0.5, 0.6) is 0 Å². The minimum absolute atomic E-state index is 0.189. The van der Waals surface area contributed by atoms with Gasteiger partial charge in [-0.3, -0.25) is 0 Å². The summed E-state index contributed by atoms with van der Waals surface area (Å²) in [5, 5.41) is 0. The smallest absolute Gasteiger partial charge is 0.127 e. The van der Waals surface area contributed by atoms with E-state index in [-0.39, 0.29) is 5.83 Å². The van der Waals surface area contributed by atoms with Crippen LogP contribution in [0.25, 0.3) is 5.57 Å². The highest BCUT2D eigenvalue weighted by Crippen LogP contribution is 2.24. The van der Waals surface area contributed by atoms with Crippen LogP contribution in [-0.2, 0) is 0 Å². The van der Waals surface area contributed by atoms with Crippen molar-refractivity contribution in [1.82, 2.24) is 0 Å². The number of hydrogen-bond acceptors (Lipinski definition) is 0. The van der Waals surface area contributed by atoms with Gasteiger partial charge in [0.15, 0.2) is 0 Å². The van der Waals surface area contributed by atoms with Gasteiger partial charge in [-0.15, -0.1) is 0 Å². The molecule has 0 atom stereocenters. The summed E-state index contributed by atoms with van der Waals surface area (Å²) in [6.45, 7) is 7.55. The topological polar surface area (TPSA) is 0 Å². The molecule has 84 valence electrons. The highest BCUT2D eigenvalue weighted by Gasteiger charge is 2.05. The summed E-state index contributed by atoms with van der Waals surface area (Å²) in [6.07, 6.45) is 5.58. The molecule has 0 radical (unpaired) electrons. The molecule has 0 amide bonds. The van der Waals surface area contributed by atoms with Gasteiger partial charge in [0.25, 0.3) is 0 Å². The lowest BCUT2D eigenvalue weighted by molar-refractivity contribution is 0.668. The van der Waals surface area contributed by atoms with E-state index in [2.05, 4.69) is 6.58 Å². The summed E-state index contributed by atoms with van der Waals surface area (Å²) < 4.78 is 13.8. The van der Waals surface area contributed by atoms with E-state index in [4.69, 9.17) is 0 Å². The van der Waals surface area contributed by atoms with Crippen LogP contribution in [0.2, 0.25) is 0 Å². The molecule has 0 fully saturated rings. The zero-order chi connectivity index (χ0) is 12.0. The monoisotopic (exact) mass is 216 g/mol. The molecule has 1 rings (SSSR count). The number of halogens is 1. The van der Waals surface area contributed by atoms with Crippen LogP contribution < -0.4 is 0 Å². The van der Waals surface area contributed by atoms with Crippen LogP contribution in [0, 0.1) is 6.92 Å². The number of allylic oxidation sites excluding steroid dienone is 5. The lowest BCUT2D eigenvalue weighted by atomic mass is 10.0. The highest BCUT2D eigenvalue weighted by molar-refractivity contribution is 5.78. The van der Waals surface area contributed by atoms with Crippen LogP contribution in [0.4, 0.5) is 4.39 Å². The Morgan fingerprint density at radius 2 is 1.94 bits per heavy atom. The Morgan fingerprint density at radius 1 is 1.31 bits per heavy atom. The van der Waals surface area contributed by atoms with E-state index in [1.54, 1.807) is 18.2 Å². The van der Waals surface area contributed by atoms with Crippen LogP contribution in [0.15, 0.2) is 54.9 Å². The van der Waals surface area contributed by atoms with Gasteiger partial charge < -0.3 is 0 Å². The molecule has 0 spiro atoms. The molecular formula is C15H17F. The van der Waals surface area contributed by atoms with Gasteiger partial charge >= 0.3 is 0 Å². The fourth-order valence-corrected chi connectivity index (χ4v) is 1.45. The zero-order valence-electron chi connectivity index (χ0n) is 9.83. The summed E-state index contributed by atoms with van der Waals surface area (Å²) >= 11 is 0. The van der Waals surface area contributed by atoms with Gasteiger partial charge in [-0.25, -0.2) is 4.39 Å². The van der Waals surface area contributed by atoms with Crippen molar-refractivity contribution in [3.8, 4) is 0 Å². The molecule has 1 heteroatoms. The molecule has 0 aliphatic carbocycles. The van der Waals surface area contributed by atoms with Crippen LogP contribution in [0.3, 0.4) is 0 Å². The first-order valence-electron chi connectivity index (χ1n) is 5.44. The minimum atomic E-state index is -0.189. The Kier molecular flexibility index (Phi) is 4.71. The summed E-state index contributed by atoms with van der Waals surface area (Å²) in [5.74, 6) is -0.189. The van der Waals surface area contributed by atoms with E-state index < -0.39 is 0 Å². The zero-order valence-corrected chi connectivity index (χ0v) is 9.83. The highest BCUT2D eigenvalue weighted by atomic mass is 19.1. The Labute approximate surface area is 96.8 Å². The van der Waals surface area contributed by atoms with Crippen molar-refractivity contribution in [2.75, 3.05) is 0 Å². The van der Waals surface area contributed by atoms with E-state index in [0.29, 0.717) is 12.0 Å². The average Bonchev–Trinajstić information content (AvgIpc) is 2.28. The number of rotatable bonds is 4. The minimum Gasteiger partial charge on any atom is -0.207 e. The molecule has 0 aliphatic heterocycles. The summed E-state index contributed by atoms with van der Waals surface area (Å²) in [5.41, 5.74) is 2.64. The molecule has 0 N–H and O–H groups in total. The Bertz CT molecular complexity index is 408. The van der Waals surface area contributed by atoms with Crippen LogP contribution in [0.1, 0.15) is 24.5 Å². The number of benzene rings is 1. The van der Waals surface area contributed by atoms with Gasteiger partial charge in [0, 0.05) is 5.57 Å². The predicted molar refractivity (Wildman–Crippen MR) is 68.8 cm³/mol. The van der Waals surface area contributed by atoms with Crippen LogP contribution >= 0.6 is 0 Å². The predicted octanol–water partition coefficient (Wildman–Crippen LogP) is 4.83. The second-order valence-electron chi connectivity index (χ2n) is 3.64. The molecule has 0 saturated heterocycles. The molecule has 1 aromatic rings. The molecule has 0 unspecified atom stereocenters. The lowest BCUT2D eigenvalue weighted by Gasteiger charge is -2.05. The SMILES string of the molecule is C=C/C=C(\C(F)=C/CC)c1ccc(C)cc1. The third-order valence-electron chi connectivity index (χ3n) is 2.29. The van der Waals surface area contributed by atoms with Crippen molar-refractivity contribution in [3.05, 3.63) is 66.0 Å². The normalized spacial score (nSPS) is 12.7. The van der Waals surface area contributed by atoms with Crippen molar-refractivity contribution < 1.29 is 4.39 Å². The first kappa shape index (κ1) is 12.4. The van der Waals surface area contributed by atoms with Gasteiger partial charge in [0.05, 0.1) is 0 Å². The van der Waals surface area contributed by atoms with Crippen molar-refractivity contribution in [3.63, 3.8) is 0 Å². The second kappa shape index (κ2) is 6.06. The average molecular weight is 216 g/mol. The van der Waals surface area contributed by atoms with Crippen molar-refractivity contribution >= 4 is 5.57 Å². The Hall–Kier alpha value is -1.63. The Morgan fingerprint density at radius 3 is 2.44 bits per heavy atom. The Balaban J connectivity index is 3.13. The number of hydrogen-bond donors (Lipinski definition) is 0. The molecule has 0 aliphatic rings. The molecule has 0 saturated carbocycles. The second-order valence-corrected chi connectivity index (χ2v) is 3.64. The molecule has 0 heterocycles. The van der Waals surface area contributed by atoms with Crippen molar-refractivity contribution in [1.29, 1.82) is 0 Å². The standard InChI is InChI=1S/C15H17F/c1-4-6-14(15(16)7-5-2)13-10-8-12(3)9-11-13/h4,6-11H,1,5H2,2-3H3/b14-6-,15-7+. The van der Waals surface area contributed by atoms with Gasteiger partial charge in [0.1, 0.15) is 5.83 Å². The van der Waals surface area contributed by atoms with Gasteiger partial charge in [0.2, 0.25) is 0 Å². The molecular weight excluding hydrogens is 199 g/mol. The van der Waals surface area contributed by atoms with E-state index >= 15 is 0 Å². The van der Waals surface area contributed by atoms with Crippen LogP contribution in [-0.4, -0.2) is 0 Å².